The molecule has 2 heterocycles. The maximum absolute atomic E-state index is 14.3. The van der Waals surface area contributed by atoms with Gasteiger partial charge in [-0.2, -0.15) is 5.10 Å². The van der Waals surface area contributed by atoms with Crippen molar-refractivity contribution in [3.8, 4) is 5.69 Å². The SMILES string of the molecule is CC(C)C(C(=O)Nc1ccc(-n2cccn2)c(F)c1)N1CCCC1=O. The van der Waals surface area contributed by atoms with Crippen molar-refractivity contribution in [2.45, 2.75) is 32.7 Å². The summed E-state index contributed by atoms with van der Waals surface area (Å²) < 4.78 is 15.7. The number of amides is 2. The zero-order chi connectivity index (χ0) is 18.0. The summed E-state index contributed by atoms with van der Waals surface area (Å²) >= 11 is 0. The fraction of sp³-hybridized carbons (Fsp3) is 0.389. The molecule has 0 radical (unpaired) electrons. The molecule has 1 atom stereocenters. The number of aromatic nitrogens is 2. The van der Waals surface area contributed by atoms with Gasteiger partial charge in [0.2, 0.25) is 11.8 Å². The van der Waals surface area contributed by atoms with Crippen molar-refractivity contribution in [1.82, 2.24) is 14.7 Å². The summed E-state index contributed by atoms with van der Waals surface area (Å²) in [6, 6.07) is 5.60. The fourth-order valence-corrected chi connectivity index (χ4v) is 3.17. The van der Waals surface area contributed by atoms with Crippen molar-refractivity contribution in [3.05, 3.63) is 42.5 Å². The number of rotatable bonds is 5. The highest BCUT2D eigenvalue weighted by molar-refractivity contribution is 5.97. The van der Waals surface area contributed by atoms with E-state index in [1.54, 1.807) is 35.5 Å². The minimum atomic E-state index is -0.552. The van der Waals surface area contributed by atoms with Gasteiger partial charge in [-0.3, -0.25) is 9.59 Å². The molecule has 1 aliphatic rings. The lowest BCUT2D eigenvalue weighted by atomic mass is 10.0. The molecule has 6 nitrogen and oxygen atoms in total. The molecule has 1 unspecified atom stereocenters. The van der Waals surface area contributed by atoms with Crippen LogP contribution in [0.4, 0.5) is 10.1 Å². The Hall–Kier alpha value is -2.70. The molecule has 132 valence electrons. The predicted molar refractivity (Wildman–Crippen MR) is 91.7 cm³/mol. The van der Waals surface area contributed by atoms with Crippen LogP contribution in [0.1, 0.15) is 26.7 Å². The van der Waals surface area contributed by atoms with Gasteiger partial charge in [0.1, 0.15) is 11.7 Å². The minimum absolute atomic E-state index is 0.00550. The molecule has 3 rings (SSSR count). The molecule has 1 aliphatic heterocycles. The summed E-state index contributed by atoms with van der Waals surface area (Å²) in [4.78, 5) is 26.3. The predicted octanol–water partition coefficient (Wildman–Crippen LogP) is 2.60. The van der Waals surface area contributed by atoms with Crippen LogP contribution in [-0.4, -0.2) is 39.1 Å². The van der Waals surface area contributed by atoms with Gasteiger partial charge in [-0.1, -0.05) is 13.8 Å². The Morgan fingerprint density at radius 2 is 2.16 bits per heavy atom. The van der Waals surface area contributed by atoms with Crippen LogP contribution in [0.2, 0.25) is 0 Å². The van der Waals surface area contributed by atoms with E-state index < -0.39 is 11.9 Å². The molecule has 25 heavy (non-hydrogen) atoms. The molecule has 1 aromatic heterocycles. The number of nitrogens with zero attached hydrogens (tertiary/aromatic N) is 3. The van der Waals surface area contributed by atoms with Crippen molar-refractivity contribution in [2.75, 3.05) is 11.9 Å². The van der Waals surface area contributed by atoms with E-state index in [2.05, 4.69) is 10.4 Å². The van der Waals surface area contributed by atoms with Gasteiger partial charge >= 0.3 is 0 Å². The topological polar surface area (TPSA) is 67.2 Å². The molecule has 2 amide bonds. The number of carbonyl (C=O) groups excluding carboxylic acids is 2. The molecule has 0 aliphatic carbocycles. The third-order valence-electron chi connectivity index (χ3n) is 4.31. The number of likely N-dealkylation sites (tertiary alicyclic amines) is 1. The van der Waals surface area contributed by atoms with Crippen LogP contribution >= 0.6 is 0 Å². The quantitative estimate of drug-likeness (QED) is 0.906. The largest absolute Gasteiger partial charge is 0.330 e. The van der Waals surface area contributed by atoms with Crippen LogP contribution in [0, 0.1) is 11.7 Å². The molecule has 0 bridgehead atoms. The first-order valence-electron chi connectivity index (χ1n) is 8.37. The second-order valence-corrected chi connectivity index (χ2v) is 6.49. The zero-order valence-corrected chi connectivity index (χ0v) is 14.3. The van der Waals surface area contributed by atoms with Crippen LogP contribution in [0.3, 0.4) is 0 Å². The van der Waals surface area contributed by atoms with E-state index >= 15 is 0 Å². The normalized spacial score (nSPS) is 15.7. The average Bonchev–Trinajstić information content (AvgIpc) is 3.20. The first-order valence-corrected chi connectivity index (χ1v) is 8.37. The lowest BCUT2D eigenvalue weighted by molar-refractivity contribution is -0.136. The highest BCUT2D eigenvalue weighted by Crippen LogP contribution is 2.22. The van der Waals surface area contributed by atoms with Crippen LogP contribution in [0.15, 0.2) is 36.7 Å². The maximum atomic E-state index is 14.3. The molecule has 0 spiro atoms. The monoisotopic (exact) mass is 344 g/mol. The van der Waals surface area contributed by atoms with E-state index in [0.717, 1.165) is 6.42 Å². The van der Waals surface area contributed by atoms with Gasteiger partial charge in [0.25, 0.3) is 0 Å². The Balaban J connectivity index is 1.77. The molecule has 0 saturated carbocycles. The molecule has 1 aromatic carbocycles. The third kappa shape index (κ3) is 3.55. The van der Waals surface area contributed by atoms with Crippen LogP contribution in [0.5, 0.6) is 0 Å². The number of carbonyl (C=O) groups is 2. The fourth-order valence-electron chi connectivity index (χ4n) is 3.17. The standard InChI is InChI=1S/C18H21FN4O2/c1-12(2)17(22-9-3-5-16(22)24)18(25)21-13-6-7-15(14(19)11-13)23-10-4-8-20-23/h4,6-8,10-12,17H,3,5,9H2,1-2H3,(H,21,25). The summed E-state index contributed by atoms with van der Waals surface area (Å²) in [5.74, 6) is -0.819. The molecule has 7 heteroatoms. The van der Waals surface area contributed by atoms with Crippen molar-refractivity contribution < 1.29 is 14.0 Å². The number of nitrogens with one attached hydrogen (secondary N) is 1. The molecule has 2 aromatic rings. The summed E-state index contributed by atoms with van der Waals surface area (Å²) in [6.07, 6.45) is 4.45. The minimum Gasteiger partial charge on any atom is -0.330 e. The summed E-state index contributed by atoms with van der Waals surface area (Å²) in [6.45, 7) is 4.39. The summed E-state index contributed by atoms with van der Waals surface area (Å²) in [7, 11) is 0. The Kier molecular flexibility index (Phi) is 4.83. The second kappa shape index (κ2) is 7.04. The van der Waals surface area contributed by atoms with Gasteiger partial charge < -0.3 is 10.2 Å². The van der Waals surface area contributed by atoms with Gasteiger partial charge in [-0.15, -0.1) is 0 Å². The van der Waals surface area contributed by atoms with E-state index in [0.29, 0.717) is 24.3 Å². The maximum Gasteiger partial charge on any atom is 0.247 e. The Morgan fingerprint density at radius 3 is 2.72 bits per heavy atom. The lowest BCUT2D eigenvalue weighted by Gasteiger charge is -2.29. The van der Waals surface area contributed by atoms with Crippen LogP contribution < -0.4 is 5.32 Å². The molecule has 1 saturated heterocycles. The average molecular weight is 344 g/mol. The number of halogens is 1. The summed E-state index contributed by atoms with van der Waals surface area (Å²) in [5, 5.41) is 6.73. The van der Waals surface area contributed by atoms with Gasteiger partial charge in [0.05, 0.1) is 0 Å². The van der Waals surface area contributed by atoms with Crippen molar-refractivity contribution in [1.29, 1.82) is 0 Å². The van der Waals surface area contributed by atoms with E-state index in [1.807, 2.05) is 13.8 Å². The lowest BCUT2D eigenvalue weighted by Crippen LogP contribution is -2.47. The van der Waals surface area contributed by atoms with Gasteiger partial charge in [-0.25, -0.2) is 9.07 Å². The molecule has 1 fully saturated rings. The van der Waals surface area contributed by atoms with E-state index in [9.17, 15) is 14.0 Å². The number of anilines is 1. The van der Waals surface area contributed by atoms with Crippen LogP contribution in [-0.2, 0) is 9.59 Å². The van der Waals surface area contributed by atoms with Gasteiger partial charge in [0.15, 0.2) is 5.82 Å². The first-order chi connectivity index (χ1) is 12.0. The molecular formula is C18H21FN4O2. The van der Waals surface area contributed by atoms with Crippen molar-refractivity contribution >= 4 is 17.5 Å². The van der Waals surface area contributed by atoms with Crippen molar-refractivity contribution in [2.24, 2.45) is 5.92 Å². The molecule has 1 N–H and O–H groups in total. The highest BCUT2D eigenvalue weighted by atomic mass is 19.1. The molecular weight excluding hydrogens is 323 g/mol. The summed E-state index contributed by atoms with van der Waals surface area (Å²) in [5.41, 5.74) is 0.661. The van der Waals surface area contributed by atoms with Crippen molar-refractivity contribution in [3.63, 3.8) is 0 Å². The Labute approximate surface area is 145 Å². The number of benzene rings is 1. The number of hydrogen-bond donors (Lipinski definition) is 1. The zero-order valence-electron chi connectivity index (χ0n) is 14.3. The van der Waals surface area contributed by atoms with E-state index in [-0.39, 0.29) is 17.7 Å². The highest BCUT2D eigenvalue weighted by Gasteiger charge is 2.34. The number of hydrogen-bond acceptors (Lipinski definition) is 3. The first kappa shape index (κ1) is 17.1. The van der Waals surface area contributed by atoms with E-state index in [1.165, 1.54) is 10.7 Å². The third-order valence-corrected chi connectivity index (χ3v) is 4.31. The smallest absolute Gasteiger partial charge is 0.247 e. The van der Waals surface area contributed by atoms with E-state index in [4.69, 9.17) is 0 Å². The van der Waals surface area contributed by atoms with Gasteiger partial charge in [0, 0.05) is 31.0 Å². The van der Waals surface area contributed by atoms with Crippen LogP contribution in [0.25, 0.3) is 5.69 Å². The Morgan fingerprint density at radius 1 is 1.36 bits per heavy atom. The second-order valence-electron chi connectivity index (χ2n) is 6.49. The van der Waals surface area contributed by atoms with Gasteiger partial charge in [-0.05, 0) is 36.6 Å². The Bertz CT molecular complexity index is 773.